The molecule has 0 spiro atoms. The number of nitrogens with zero attached hydrogens (tertiary/aromatic N) is 1. The molecular formula is C14H23N3O3S. The van der Waals surface area contributed by atoms with Crippen molar-refractivity contribution in [2.24, 2.45) is 10.7 Å². The third kappa shape index (κ3) is 6.89. The van der Waals surface area contributed by atoms with Crippen LogP contribution in [-0.2, 0) is 14.6 Å². The zero-order valence-electron chi connectivity index (χ0n) is 12.7. The lowest BCUT2D eigenvalue weighted by Gasteiger charge is -2.10. The van der Waals surface area contributed by atoms with Crippen molar-refractivity contribution in [3.8, 4) is 0 Å². The summed E-state index contributed by atoms with van der Waals surface area (Å²) in [5.41, 5.74) is 6.20. The molecule has 0 aromatic rings. The fraction of sp³-hybridized carbons (Fsp3) is 0.429. The predicted octanol–water partition coefficient (Wildman–Crippen LogP) is 1.28. The van der Waals surface area contributed by atoms with Gasteiger partial charge in [0.15, 0.2) is 9.84 Å². The minimum absolute atomic E-state index is 0.169. The van der Waals surface area contributed by atoms with Gasteiger partial charge in [-0.3, -0.25) is 9.79 Å². The zero-order chi connectivity index (χ0) is 16.5. The molecule has 118 valence electrons. The molecule has 0 atom stereocenters. The minimum atomic E-state index is -3.32. The number of amides is 1. The molecule has 0 radical (unpaired) electrons. The molecule has 7 heteroatoms. The quantitative estimate of drug-likeness (QED) is 0.380. The fourth-order valence-electron chi connectivity index (χ4n) is 1.60. The summed E-state index contributed by atoms with van der Waals surface area (Å²) in [6.07, 6.45) is 6.51. The summed E-state index contributed by atoms with van der Waals surface area (Å²) < 4.78 is 23.2. The maximum absolute atomic E-state index is 11.6. The van der Waals surface area contributed by atoms with E-state index in [1.54, 1.807) is 6.08 Å². The van der Waals surface area contributed by atoms with Crippen LogP contribution in [0.3, 0.4) is 0 Å². The number of hydrogen-bond acceptors (Lipinski definition) is 5. The Morgan fingerprint density at radius 3 is 2.33 bits per heavy atom. The summed E-state index contributed by atoms with van der Waals surface area (Å²) in [6, 6.07) is 0. The highest BCUT2D eigenvalue weighted by Gasteiger charge is 2.12. The van der Waals surface area contributed by atoms with E-state index in [0.29, 0.717) is 24.1 Å². The lowest BCUT2D eigenvalue weighted by Crippen LogP contribution is -2.17. The summed E-state index contributed by atoms with van der Waals surface area (Å²) >= 11 is 0. The summed E-state index contributed by atoms with van der Waals surface area (Å²) in [5.74, 6) is -0.475. The second kappa shape index (κ2) is 9.12. The highest BCUT2D eigenvalue weighted by Crippen LogP contribution is 2.13. The number of carbonyl (C=O) groups excluding carboxylic acids is 1. The van der Waals surface area contributed by atoms with E-state index in [1.807, 2.05) is 13.8 Å². The van der Waals surface area contributed by atoms with Gasteiger partial charge in [0.05, 0.1) is 4.91 Å². The van der Waals surface area contributed by atoms with Crippen LogP contribution in [0.2, 0.25) is 0 Å². The van der Waals surface area contributed by atoms with Gasteiger partial charge in [-0.2, -0.15) is 0 Å². The molecule has 6 nitrogen and oxygen atoms in total. The first-order valence-electron chi connectivity index (χ1n) is 6.56. The third-order valence-electron chi connectivity index (χ3n) is 2.70. The highest BCUT2D eigenvalue weighted by molar-refractivity contribution is 7.94. The average molecular weight is 313 g/mol. The van der Waals surface area contributed by atoms with Gasteiger partial charge in [-0.05, 0) is 25.0 Å². The van der Waals surface area contributed by atoms with E-state index in [4.69, 9.17) is 5.73 Å². The van der Waals surface area contributed by atoms with Gasteiger partial charge in [0.2, 0.25) is 5.91 Å². The summed E-state index contributed by atoms with van der Waals surface area (Å²) in [5, 5.41) is 2.93. The van der Waals surface area contributed by atoms with Crippen LogP contribution in [0.5, 0.6) is 0 Å². The number of sulfone groups is 1. The molecule has 0 aliphatic heterocycles. The van der Waals surface area contributed by atoms with Crippen LogP contribution in [-0.4, -0.2) is 33.5 Å². The topological polar surface area (TPSA) is 102 Å². The van der Waals surface area contributed by atoms with Crippen molar-refractivity contribution in [1.29, 1.82) is 0 Å². The van der Waals surface area contributed by atoms with E-state index in [9.17, 15) is 13.2 Å². The highest BCUT2D eigenvalue weighted by atomic mass is 32.2. The van der Waals surface area contributed by atoms with Gasteiger partial charge in [-0.15, -0.1) is 0 Å². The van der Waals surface area contributed by atoms with Gasteiger partial charge in [0.1, 0.15) is 6.67 Å². The van der Waals surface area contributed by atoms with Crippen molar-refractivity contribution < 1.29 is 13.2 Å². The molecule has 0 aliphatic carbocycles. The Hall–Kier alpha value is -1.89. The van der Waals surface area contributed by atoms with Crippen molar-refractivity contribution in [2.75, 3.05) is 12.9 Å². The molecule has 21 heavy (non-hydrogen) atoms. The van der Waals surface area contributed by atoms with Gasteiger partial charge in [-0.25, -0.2) is 8.42 Å². The maximum Gasteiger partial charge on any atom is 0.244 e. The Morgan fingerprint density at radius 1 is 1.33 bits per heavy atom. The third-order valence-corrected chi connectivity index (χ3v) is 3.91. The SMILES string of the molecule is C=C/C(=C(\CC)NC/N=C\C=C(/CC)C(N)=O)S(C)(=O)=O. The fourth-order valence-corrected chi connectivity index (χ4v) is 2.56. The molecule has 0 saturated heterocycles. The summed E-state index contributed by atoms with van der Waals surface area (Å²) in [7, 11) is -3.32. The molecule has 0 saturated carbocycles. The van der Waals surface area contributed by atoms with E-state index in [0.717, 1.165) is 6.26 Å². The summed E-state index contributed by atoms with van der Waals surface area (Å²) in [4.78, 5) is 15.2. The molecule has 0 rings (SSSR count). The number of rotatable bonds is 9. The van der Waals surface area contributed by atoms with Crippen LogP contribution in [0.15, 0.2) is 39.9 Å². The van der Waals surface area contributed by atoms with Crippen LogP contribution in [0.4, 0.5) is 0 Å². The number of nitrogens with two attached hydrogens (primary N) is 1. The Balaban J connectivity index is 4.88. The second-order valence-corrected chi connectivity index (χ2v) is 6.23. The van der Waals surface area contributed by atoms with Crippen LogP contribution >= 0.6 is 0 Å². The van der Waals surface area contributed by atoms with Crippen LogP contribution in [0.1, 0.15) is 26.7 Å². The van der Waals surface area contributed by atoms with Crippen molar-refractivity contribution in [1.82, 2.24) is 5.32 Å². The van der Waals surface area contributed by atoms with Crippen LogP contribution < -0.4 is 11.1 Å². The molecule has 0 aromatic heterocycles. The summed E-state index contributed by atoms with van der Waals surface area (Å²) in [6.45, 7) is 7.37. The number of allylic oxidation sites excluding steroid dienone is 3. The van der Waals surface area contributed by atoms with E-state index in [1.165, 1.54) is 12.3 Å². The molecule has 0 heterocycles. The molecule has 0 aliphatic rings. The van der Waals surface area contributed by atoms with Gasteiger partial charge in [0.25, 0.3) is 0 Å². The number of aliphatic imine (C=N–C) groups is 1. The number of primary amides is 1. The van der Waals surface area contributed by atoms with Crippen molar-refractivity contribution in [3.63, 3.8) is 0 Å². The monoisotopic (exact) mass is 313 g/mol. The first kappa shape index (κ1) is 19.1. The van der Waals surface area contributed by atoms with Gasteiger partial charge >= 0.3 is 0 Å². The van der Waals surface area contributed by atoms with Crippen molar-refractivity contribution >= 4 is 22.0 Å². The smallest absolute Gasteiger partial charge is 0.244 e. The maximum atomic E-state index is 11.6. The Bertz CT molecular complexity index is 572. The van der Waals surface area contributed by atoms with Crippen LogP contribution in [0, 0.1) is 0 Å². The van der Waals surface area contributed by atoms with E-state index >= 15 is 0 Å². The van der Waals surface area contributed by atoms with Crippen LogP contribution in [0.25, 0.3) is 0 Å². The molecule has 0 aromatic carbocycles. The molecule has 0 bridgehead atoms. The second-order valence-electron chi connectivity index (χ2n) is 4.25. The number of hydrogen-bond donors (Lipinski definition) is 2. The molecule has 1 amide bonds. The normalized spacial score (nSPS) is 14.0. The van der Waals surface area contributed by atoms with Gasteiger partial charge in [0, 0.05) is 23.7 Å². The van der Waals surface area contributed by atoms with E-state index < -0.39 is 15.7 Å². The first-order valence-corrected chi connectivity index (χ1v) is 8.45. The van der Waals surface area contributed by atoms with Gasteiger partial charge < -0.3 is 11.1 Å². The van der Waals surface area contributed by atoms with Crippen molar-refractivity contribution in [2.45, 2.75) is 26.7 Å². The predicted molar refractivity (Wildman–Crippen MR) is 86.4 cm³/mol. The zero-order valence-corrected chi connectivity index (χ0v) is 13.5. The first-order chi connectivity index (χ1) is 9.77. The Kier molecular flexibility index (Phi) is 8.30. The van der Waals surface area contributed by atoms with Crippen molar-refractivity contribution in [3.05, 3.63) is 34.9 Å². The molecular weight excluding hydrogens is 290 g/mol. The van der Waals surface area contributed by atoms with E-state index in [-0.39, 0.29) is 11.6 Å². The lowest BCUT2D eigenvalue weighted by molar-refractivity contribution is -0.114. The van der Waals surface area contributed by atoms with Gasteiger partial charge in [-0.1, -0.05) is 20.4 Å². The number of nitrogens with one attached hydrogen (secondary N) is 1. The molecule has 3 N–H and O–H groups in total. The lowest BCUT2D eigenvalue weighted by atomic mass is 10.2. The molecule has 0 unspecified atom stereocenters. The average Bonchev–Trinajstić information content (AvgIpc) is 2.39. The largest absolute Gasteiger partial charge is 0.369 e. The standard InChI is InChI=1S/C14H23N3O3S/c1-5-11(14(15)18)8-9-16-10-17-12(6-2)13(7-3)21(4,19)20/h7-9,17H,3,5-6,10H2,1-2,4H3,(H2,15,18)/b11-8+,13-12-,16-9-. The van der Waals surface area contributed by atoms with E-state index in [2.05, 4.69) is 16.9 Å². The minimum Gasteiger partial charge on any atom is -0.369 e. The number of carbonyl (C=O) groups is 1. The molecule has 0 fully saturated rings. The Morgan fingerprint density at radius 2 is 1.95 bits per heavy atom. The Labute approximate surface area is 126 Å².